The molecular formula is C11H18ClN3O. The third kappa shape index (κ3) is 3.87. The normalized spacial score (nSPS) is 11.5. The van der Waals surface area contributed by atoms with E-state index in [9.17, 15) is 0 Å². The summed E-state index contributed by atoms with van der Waals surface area (Å²) in [5.41, 5.74) is 6.09. The molecule has 0 aliphatic carbocycles. The first-order valence-corrected chi connectivity index (χ1v) is 5.62. The lowest BCUT2D eigenvalue weighted by molar-refractivity contribution is 0.000655. The van der Waals surface area contributed by atoms with Crippen molar-refractivity contribution in [3.63, 3.8) is 0 Å². The summed E-state index contributed by atoms with van der Waals surface area (Å²) in [5, 5.41) is 3.56. The van der Waals surface area contributed by atoms with Crippen molar-refractivity contribution in [1.29, 1.82) is 0 Å². The maximum Gasteiger partial charge on any atom is 0.151 e. The van der Waals surface area contributed by atoms with Crippen LogP contribution in [0.4, 0.5) is 11.5 Å². The van der Waals surface area contributed by atoms with Crippen LogP contribution in [0, 0.1) is 0 Å². The molecule has 0 radical (unpaired) electrons. The topological polar surface area (TPSA) is 60.2 Å². The number of nitrogen functional groups attached to an aromatic ring is 1. The van der Waals surface area contributed by atoms with E-state index in [0.717, 1.165) is 0 Å². The highest BCUT2D eigenvalue weighted by molar-refractivity contribution is 6.29. The van der Waals surface area contributed by atoms with Crippen LogP contribution in [0.1, 0.15) is 20.8 Å². The highest BCUT2D eigenvalue weighted by Gasteiger charge is 2.17. The molecule has 3 N–H and O–H groups in total. The Hall–Kier alpha value is -1.00. The van der Waals surface area contributed by atoms with Crippen LogP contribution < -0.4 is 11.1 Å². The van der Waals surface area contributed by atoms with E-state index in [2.05, 4.69) is 10.3 Å². The van der Waals surface area contributed by atoms with Gasteiger partial charge in [0.25, 0.3) is 0 Å². The van der Waals surface area contributed by atoms with Gasteiger partial charge in [0.05, 0.1) is 11.3 Å². The quantitative estimate of drug-likeness (QED) is 0.781. The lowest BCUT2D eigenvalue weighted by atomic mass is 10.1. The first-order valence-electron chi connectivity index (χ1n) is 5.24. The fraction of sp³-hybridized carbons (Fsp3) is 0.545. The van der Waals surface area contributed by atoms with E-state index in [1.165, 1.54) is 0 Å². The summed E-state index contributed by atoms with van der Waals surface area (Å²) < 4.78 is 5.56. The summed E-state index contributed by atoms with van der Waals surface area (Å²) in [6.07, 6.45) is 0. The summed E-state index contributed by atoms with van der Waals surface area (Å²) in [7, 11) is 0. The highest BCUT2D eigenvalue weighted by atomic mass is 35.5. The number of nitrogens with one attached hydrogen (secondary N) is 1. The third-order valence-electron chi connectivity index (χ3n) is 2.11. The minimum absolute atomic E-state index is 0.259. The van der Waals surface area contributed by atoms with Gasteiger partial charge in [0.1, 0.15) is 5.15 Å². The van der Waals surface area contributed by atoms with Crippen LogP contribution in [0.25, 0.3) is 0 Å². The molecule has 1 aromatic rings. The van der Waals surface area contributed by atoms with Crippen molar-refractivity contribution in [2.24, 2.45) is 0 Å². The number of aromatic nitrogens is 1. The van der Waals surface area contributed by atoms with Gasteiger partial charge in [-0.3, -0.25) is 0 Å². The zero-order valence-electron chi connectivity index (χ0n) is 9.88. The van der Waals surface area contributed by atoms with Gasteiger partial charge < -0.3 is 15.8 Å². The smallest absolute Gasteiger partial charge is 0.151 e. The molecular weight excluding hydrogens is 226 g/mol. The average Bonchev–Trinajstić information content (AvgIpc) is 2.19. The van der Waals surface area contributed by atoms with Crippen molar-refractivity contribution in [3.05, 3.63) is 17.3 Å². The molecule has 90 valence electrons. The van der Waals surface area contributed by atoms with Gasteiger partial charge in [-0.15, -0.1) is 0 Å². The Morgan fingerprint density at radius 3 is 2.81 bits per heavy atom. The summed E-state index contributed by atoms with van der Waals surface area (Å²) >= 11 is 5.79. The van der Waals surface area contributed by atoms with Crippen molar-refractivity contribution in [3.8, 4) is 0 Å². The zero-order chi connectivity index (χ0) is 12.2. The van der Waals surface area contributed by atoms with E-state index in [1.807, 2.05) is 20.8 Å². The summed E-state index contributed by atoms with van der Waals surface area (Å²) in [4.78, 5) is 4.11. The van der Waals surface area contributed by atoms with E-state index in [0.29, 0.717) is 29.8 Å². The number of hydrogen-bond donors (Lipinski definition) is 2. The third-order valence-corrected chi connectivity index (χ3v) is 2.32. The number of hydrogen-bond acceptors (Lipinski definition) is 4. The molecule has 0 atom stereocenters. The number of halogens is 1. The largest absolute Gasteiger partial charge is 0.396 e. The molecule has 1 rings (SSSR count). The van der Waals surface area contributed by atoms with Crippen molar-refractivity contribution < 1.29 is 4.74 Å². The van der Waals surface area contributed by atoms with Crippen LogP contribution >= 0.6 is 11.6 Å². The lowest BCUT2D eigenvalue weighted by Gasteiger charge is -2.25. The van der Waals surface area contributed by atoms with Gasteiger partial charge in [-0.05, 0) is 32.9 Å². The minimum Gasteiger partial charge on any atom is -0.396 e. The summed E-state index contributed by atoms with van der Waals surface area (Å²) in [6, 6.07) is 3.39. The zero-order valence-corrected chi connectivity index (χ0v) is 10.6. The Kier molecular flexibility index (Phi) is 4.38. The second-order valence-electron chi connectivity index (χ2n) is 4.12. The first-order chi connectivity index (χ1) is 7.44. The van der Waals surface area contributed by atoms with E-state index in [1.54, 1.807) is 12.1 Å². The molecule has 5 heteroatoms. The molecule has 0 fully saturated rings. The van der Waals surface area contributed by atoms with Gasteiger partial charge in [0, 0.05) is 13.2 Å². The van der Waals surface area contributed by atoms with Crippen molar-refractivity contribution >= 4 is 23.1 Å². The molecule has 0 saturated carbocycles. The van der Waals surface area contributed by atoms with E-state index >= 15 is 0 Å². The lowest BCUT2D eigenvalue weighted by Crippen LogP contribution is -2.33. The number of anilines is 2. The first kappa shape index (κ1) is 13.1. The molecule has 16 heavy (non-hydrogen) atoms. The predicted octanol–water partition coefficient (Wildman–Crippen LogP) is 2.54. The van der Waals surface area contributed by atoms with E-state index in [4.69, 9.17) is 22.1 Å². The maximum absolute atomic E-state index is 5.79. The van der Waals surface area contributed by atoms with Crippen molar-refractivity contribution in [2.45, 2.75) is 26.4 Å². The Labute approximate surface area is 101 Å². The van der Waals surface area contributed by atoms with Gasteiger partial charge in [0.15, 0.2) is 5.82 Å². The molecule has 1 heterocycles. The van der Waals surface area contributed by atoms with Crippen LogP contribution in [0.2, 0.25) is 5.15 Å². The van der Waals surface area contributed by atoms with E-state index in [-0.39, 0.29) is 5.60 Å². The maximum atomic E-state index is 5.79. The Morgan fingerprint density at radius 2 is 2.19 bits per heavy atom. The molecule has 0 aliphatic rings. The van der Waals surface area contributed by atoms with Crippen LogP contribution in [0.15, 0.2) is 12.1 Å². The second-order valence-corrected chi connectivity index (χ2v) is 4.51. The summed E-state index contributed by atoms with van der Waals surface area (Å²) in [6.45, 7) is 7.27. The van der Waals surface area contributed by atoms with Crippen LogP contribution in [0.3, 0.4) is 0 Å². The molecule has 0 bridgehead atoms. The molecule has 0 aromatic carbocycles. The second kappa shape index (κ2) is 5.37. The Morgan fingerprint density at radius 1 is 1.50 bits per heavy atom. The molecule has 0 amide bonds. The van der Waals surface area contributed by atoms with Gasteiger partial charge in [0.2, 0.25) is 0 Å². The van der Waals surface area contributed by atoms with Gasteiger partial charge in [-0.2, -0.15) is 0 Å². The van der Waals surface area contributed by atoms with Crippen LogP contribution in [-0.4, -0.2) is 23.7 Å². The monoisotopic (exact) mass is 243 g/mol. The van der Waals surface area contributed by atoms with E-state index < -0.39 is 0 Å². The highest BCUT2D eigenvalue weighted by Crippen LogP contribution is 2.19. The minimum atomic E-state index is -0.259. The number of rotatable bonds is 5. The van der Waals surface area contributed by atoms with Crippen molar-refractivity contribution in [1.82, 2.24) is 4.98 Å². The molecule has 0 spiro atoms. The predicted molar refractivity (Wildman–Crippen MR) is 67.9 cm³/mol. The SMILES string of the molecule is CCOC(C)(C)CNc1nc(Cl)ccc1N. The number of ether oxygens (including phenoxy) is 1. The van der Waals surface area contributed by atoms with Crippen LogP contribution in [0.5, 0.6) is 0 Å². The molecule has 0 unspecified atom stereocenters. The molecule has 0 aliphatic heterocycles. The summed E-state index contributed by atoms with van der Waals surface area (Å²) in [5.74, 6) is 0.597. The standard InChI is InChI=1S/C11H18ClN3O/c1-4-16-11(2,3)7-14-10-8(13)5-6-9(12)15-10/h5-6H,4,7,13H2,1-3H3,(H,14,15). The Balaban J connectivity index is 2.63. The fourth-order valence-corrected chi connectivity index (χ4v) is 1.47. The molecule has 0 saturated heterocycles. The van der Waals surface area contributed by atoms with Gasteiger partial charge >= 0.3 is 0 Å². The molecule has 4 nitrogen and oxygen atoms in total. The number of nitrogens with zero attached hydrogens (tertiary/aromatic N) is 1. The fourth-order valence-electron chi connectivity index (χ4n) is 1.33. The van der Waals surface area contributed by atoms with Crippen molar-refractivity contribution in [2.75, 3.05) is 24.2 Å². The van der Waals surface area contributed by atoms with Gasteiger partial charge in [-0.25, -0.2) is 4.98 Å². The number of pyridine rings is 1. The molecule has 1 aromatic heterocycles. The number of nitrogens with two attached hydrogens (primary N) is 1. The average molecular weight is 244 g/mol. The van der Waals surface area contributed by atoms with Gasteiger partial charge in [-0.1, -0.05) is 11.6 Å². The Bertz CT molecular complexity index is 355. The van der Waals surface area contributed by atoms with Crippen LogP contribution in [-0.2, 0) is 4.74 Å².